The number of rotatable bonds is 3. The van der Waals surface area contributed by atoms with Gasteiger partial charge < -0.3 is 10.2 Å². The highest BCUT2D eigenvalue weighted by Gasteiger charge is 2.18. The second-order valence-corrected chi connectivity index (χ2v) is 7.13. The molecule has 0 aliphatic carbocycles. The fraction of sp³-hybridized carbons (Fsp3) is 0.238. The van der Waals surface area contributed by atoms with Gasteiger partial charge in [0.1, 0.15) is 5.82 Å². The lowest BCUT2D eigenvalue weighted by atomic mass is 10.00. The van der Waals surface area contributed by atoms with Gasteiger partial charge in [-0.3, -0.25) is 0 Å². The minimum atomic E-state index is 0.596. The van der Waals surface area contributed by atoms with E-state index in [0.717, 1.165) is 47.3 Å². The maximum absolute atomic E-state index is 6.22. The van der Waals surface area contributed by atoms with Gasteiger partial charge in [-0.15, -0.1) is 0 Å². The number of fused-ring (bicyclic) bond motifs is 1. The molecule has 0 spiro atoms. The first-order valence-corrected chi connectivity index (χ1v) is 9.17. The predicted octanol–water partition coefficient (Wildman–Crippen LogP) is 5.05. The second-order valence-electron chi connectivity index (χ2n) is 6.72. The normalized spacial score (nSPS) is 13.4. The van der Waals surface area contributed by atoms with Gasteiger partial charge in [-0.1, -0.05) is 41.9 Å². The lowest BCUT2D eigenvalue weighted by molar-refractivity contribution is 0.719. The summed E-state index contributed by atoms with van der Waals surface area (Å²) in [5, 5.41) is 4.01. The molecule has 1 aliphatic heterocycles. The number of aryl methyl sites for hydroxylation is 2. The van der Waals surface area contributed by atoms with Gasteiger partial charge in [0, 0.05) is 35.6 Å². The fourth-order valence-corrected chi connectivity index (χ4v) is 3.44. The Labute approximate surface area is 158 Å². The standard InChI is InChI=1S/C21H21ClN4/c1-14-7-8-18(12-19(14)22)24-21-23-15(2)11-20(25-21)26-10-9-16-5-3-4-6-17(16)13-26/h3-8,11-12H,9-10,13H2,1-2H3,(H,23,24,25). The number of benzene rings is 2. The molecular formula is C21H21ClN4. The van der Waals surface area contributed by atoms with E-state index in [1.807, 2.05) is 38.1 Å². The third-order valence-electron chi connectivity index (χ3n) is 4.72. The van der Waals surface area contributed by atoms with E-state index in [-0.39, 0.29) is 0 Å². The molecule has 5 heteroatoms. The molecule has 26 heavy (non-hydrogen) atoms. The first-order valence-electron chi connectivity index (χ1n) is 8.79. The van der Waals surface area contributed by atoms with Gasteiger partial charge >= 0.3 is 0 Å². The van der Waals surface area contributed by atoms with E-state index < -0.39 is 0 Å². The molecule has 2 aromatic carbocycles. The molecule has 0 atom stereocenters. The highest BCUT2D eigenvalue weighted by molar-refractivity contribution is 6.31. The Kier molecular flexibility index (Phi) is 4.51. The Morgan fingerprint density at radius 1 is 1.00 bits per heavy atom. The maximum atomic E-state index is 6.22. The topological polar surface area (TPSA) is 41.1 Å². The van der Waals surface area contributed by atoms with Crippen molar-refractivity contribution >= 4 is 29.1 Å². The van der Waals surface area contributed by atoms with E-state index in [1.165, 1.54) is 11.1 Å². The van der Waals surface area contributed by atoms with E-state index >= 15 is 0 Å². The van der Waals surface area contributed by atoms with Crippen LogP contribution in [-0.4, -0.2) is 16.5 Å². The number of aromatic nitrogens is 2. The minimum Gasteiger partial charge on any atom is -0.352 e. The zero-order valence-electron chi connectivity index (χ0n) is 15.0. The molecule has 0 saturated carbocycles. The van der Waals surface area contributed by atoms with Gasteiger partial charge in [0.15, 0.2) is 0 Å². The zero-order chi connectivity index (χ0) is 18.1. The van der Waals surface area contributed by atoms with Crippen LogP contribution in [0.15, 0.2) is 48.5 Å². The van der Waals surface area contributed by atoms with Gasteiger partial charge in [0.2, 0.25) is 5.95 Å². The average molecular weight is 365 g/mol. The van der Waals surface area contributed by atoms with Gasteiger partial charge in [-0.2, -0.15) is 4.98 Å². The second kappa shape index (κ2) is 6.96. The highest BCUT2D eigenvalue weighted by Crippen LogP contribution is 2.26. The highest BCUT2D eigenvalue weighted by atomic mass is 35.5. The van der Waals surface area contributed by atoms with E-state index in [4.69, 9.17) is 16.6 Å². The molecule has 4 nitrogen and oxygen atoms in total. The minimum absolute atomic E-state index is 0.596. The van der Waals surface area contributed by atoms with Crippen LogP contribution >= 0.6 is 11.6 Å². The van der Waals surface area contributed by atoms with Crippen LogP contribution < -0.4 is 10.2 Å². The van der Waals surface area contributed by atoms with Crippen molar-refractivity contribution in [2.24, 2.45) is 0 Å². The third kappa shape index (κ3) is 3.51. The molecule has 0 radical (unpaired) electrons. The van der Waals surface area contributed by atoms with Gasteiger partial charge in [-0.25, -0.2) is 4.98 Å². The summed E-state index contributed by atoms with van der Waals surface area (Å²) in [5.74, 6) is 1.55. The number of nitrogens with one attached hydrogen (secondary N) is 1. The van der Waals surface area contributed by atoms with Gasteiger partial charge in [0.05, 0.1) is 0 Å². The summed E-state index contributed by atoms with van der Waals surface area (Å²) >= 11 is 6.22. The first-order chi connectivity index (χ1) is 12.6. The van der Waals surface area contributed by atoms with Crippen molar-refractivity contribution in [3.8, 4) is 0 Å². The molecule has 0 saturated heterocycles. The summed E-state index contributed by atoms with van der Waals surface area (Å²) in [5.41, 5.74) is 5.68. The van der Waals surface area contributed by atoms with Crippen LogP contribution in [-0.2, 0) is 13.0 Å². The van der Waals surface area contributed by atoms with Crippen LogP contribution in [0, 0.1) is 13.8 Å². The summed E-state index contributed by atoms with van der Waals surface area (Å²) in [7, 11) is 0. The molecule has 0 amide bonds. The van der Waals surface area contributed by atoms with Crippen LogP contribution in [0.2, 0.25) is 5.02 Å². The van der Waals surface area contributed by atoms with Crippen molar-refractivity contribution in [3.63, 3.8) is 0 Å². The predicted molar refractivity (Wildman–Crippen MR) is 107 cm³/mol. The van der Waals surface area contributed by atoms with Gasteiger partial charge in [0.25, 0.3) is 0 Å². The van der Waals surface area contributed by atoms with Crippen LogP contribution in [0.1, 0.15) is 22.4 Å². The van der Waals surface area contributed by atoms with Crippen molar-refractivity contribution in [1.82, 2.24) is 9.97 Å². The lowest BCUT2D eigenvalue weighted by Crippen LogP contribution is -2.31. The summed E-state index contributed by atoms with van der Waals surface area (Å²) in [6, 6.07) is 16.5. The van der Waals surface area contributed by atoms with Crippen molar-refractivity contribution in [2.75, 3.05) is 16.8 Å². The maximum Gasteiger partial charge on any atom is 0.229 e. The lowest BCUT2D eigenvalue weighted by Gasteiger charge is -2.30. The first kappa shape index (κ1) is 16.9. The Morgan fingerprint density at radius 2 is 1.81 bits per heavy atom. The van der Waals surface area contributed by atoms with Crippen LogP contribution in [0.4, 0.5) is 17.5 Å². The molecule has 4 rings (SSSR count). The molecule has 1 N–H and O–H groups in total. The number of halogens is 1. The Bertz CT molecular complexity index is 954. The molecule has 0 unspecified atom stereocenters. The molecule has 0 fully saturated rings. The number of hydrogen-bond donors (Lipinski definition) is 1. The number of nitrogens with zero attached hydrogens (tertiary/aromatic N) is 3. The van der Waals surface area contributed by atoms with E-state index in [0.29, 0.717) is 5.95 Å². The average Bonchev–Trinajstić information content (AvgIpc) is 2.64. The van der Waals surface area contributed by atoms with Crippen molar-refractivity contribution < 1.29 is 0 Å². The summed E-state index contributed by atoms with van der Waals surface area (Å²) in [6.45, 7) is 5.82. The number of hydrogen-bond acceptors (Lipinski definition) is 4. The molecule has 2 heterocycles. The van der Waals surface area contributed by atoms with E-state index in [2.05, 4.69) is 39.5 Å². The largest absolute Gasteiger partial charge is 0.352 e. The Balaban J connectivity index is 1.59. The molecule has 132 valence electrons. The molecule has 1 aromatic heterocycles. The molecule has 3 aromatic rings. The Hall–Kier alpha value is -2.59. The van der Waals surface area contributed by atoms with Crippen LogP contribution in [0.5, 0.6) is 0 Å². The third-order valence-corrected chi connectivity index (χ3v) is 5.13. The summed E-state index contributed by atoms with van der Waals surface area (Å²) in [6.07, 6.45) is 1.04. The molecule has 0 bridgehead atoms. The Morgan fingerprint density at radius 3 is 2.62 bits per heavy atom. The van der Waals surface area contributed by atoms with E-state index in [1.54, 1.807) is 0 Å². The number of anilines is 3. The van der Waals surface area contributed by atoms with Crippen molar-refractivity contribution in [1.29, 1.82) is 0 Å². The monoisotopic (exact) mass is 364 g/mol. The van der Waals surface area contributed by atoms with Crippen LogP contribution in [0.25, 0.3) is 0 Å². The zero-order valence-corrected chi connectivity index (χ0v) is 15.7. The van der Waals surface area contributed by atoms with Crippen molar-refractivity contribution in [3.05, 3.63) is 75.9 Å². The summed E-state index contributed by atoms with van der Waals surface area (Å²) < 4.78 is 0. The molecular weight excluding hydrogens is 344 g/mol. The van der Waals surface area contributed by atoms with E-state index in [9.17, 15) is 0 Å². The quantitative estimate of drug-likeness (QED) is 0.705. The smallest absolute Gasteiger partial charge is 0.229 e. The van der Waals surface area contributed by atoms with Gasteiger partial charge in [-0.05, 0) is 49.1 Å². The summed E-state index contributed by atoms with van der Waals surface area (Å²) in [4.78, 5) is 11.6. The molecule has 1 aliphatic rings. The fourth-order valence-electron chi connectivity index (χ4n) is 3.26. The van der Waals surface area contributed by atoms with Crippen LogP contribution in [0.3, 0.4) is 0 Å². The van der Waals surface area contributed by atoms with Crippen molar-refractivity contribution in [2.45, 2.75) is 26.8 Å². The SMILES string of the molecule is Cc1cc(N2CCc3ccccc3C2)nc(Nc2ccc(C)c(Cl)c2)n1.